The molecule has 154 valence electrons. The third-order valence-corrected chi connectivity index (χ3v) is 5.01. The normalized spacial score (nSPS) is 11.4. The molecule has 0 spiro atoms. The molecule has 0 unspecified atom stereocenters. The maximum Gasteiger partial charge on any atom is 0.316 e. The molecule has 1 atom stereocenters. The number of anilines is 2. The predicted octanol–water partition coefficient (Wildman–Crippen LogP) is 3.85. The number of rotatable bonds is 8. The molecule has 2 N–H and O–H groups in total. The number of carbonyl (C=O) groups is 3. The number of aryl methyl sites for hydroxylation is 3. The average Bonchev–Trinajstić information content (AvgIpc) is 2.65. The molecule has 0 heterocycles. The number of thioether (sulfide) groups is 1. The molecule has 2 aromatic carbocycles. The number of hydrogen-bond donors (Lipinski definition) is 2. The third-order valence-electron chi connectivity index (χ3n) is 4.11. The van der Waals surface area contributed by atoms with Crippen molar-refractivity contribution < 1.29 is 19.1 Å². The van der Waals surface area contributed by atoms with Crippen molar-refractivity contribution in [3.63, 3.8) is 0 Å². The molecular weight excluding hydrogens is 388 g/mol. The van der Waals surface area contributed by atoms with Gasteiger partial charge >= 0.3 is 5.97 Å². The Morgan fingerprint density at radius 3 is 2.24 bits per heavy atom. The van der Waals surface area contributed by atoms with Crippen molar-refractivity contribution in [3.05, 3.63) is 59.2 Å². The molecule has 0 aliphatic heterocycles. The Labute approximate surface area is 175 Å². The van der Waals surface area contributed by atoms with Crippen LogP contribution in [0.5, 0.6) is 0 Å². The van der Waals surface area contributed by atoms with Crippen molar-refractivity contribution in [1.29, 1.82) is 0 Å². The molecule has 7 heteroatoms. The van der Waals surface area contributed by atoms with E-state index < -0.39 is 18.0 Å². The van der Waals surface area contributed by atoms with Gasteiger partial charge in [0.2, 0.25) is 5.91 Å². The van der Waals surface area contributed by atoms with Crippen LogP contribution in [0.4, 0.5) is 11.4 Å². The lowest BCUT2D eigenvalue weighted by molar-refractivity contribution is -0.150. The Balaban J connectivity index is 1.70. The van der Waals surface area contributed by atoms with E-state index in [4.69, 9.17) is 4.74 Å². The van der Waals surface area contributed by atoms with Crippen LogP contribution in [0, 0.1) is 20.8 Å². The first kappa shape index (κ1) is 22.5. The van der Waals surface area contributed by atoms with Crippen LogP contribution in [0.25, 0.3) is 0 Å². The van der Waals surface area contributed by atoms with Gasteiger partial charge < -0.3 is 15.4 Å². The molecule has 0 bridgehead atoms. The minimum atomic E-state index is -0.923. The number of amides is 2. The van der Waals surface area contributed by atoms with Gasteiger partial charge in [0, 0.05) is 11.4 Å². The van der Waals surface area contributed by atoms with Gasteiger partial charge in [0.1, 0.15) is 0 Å². The molecule has 6 nitrogen and oxygen atoms in total. The zero-order chi connectivity index (χ0) is 21.4. The number of benzene rings is 2. The van der Waals surface area contributed by atoms with Gasteiger partial charge in [-0.05, 0) is 51.5 Å². The summed E-state index contributed by atoms with van der Waals surface area (Å²) in [5.41, 5.74) is 4.58. The Hall–Kier alpha value is -2.80. The summed E-state index contributed by atoms with van der Waals surface area (Å²) >= 11 is 1.14. The fraction of sp³-hybridized carbons (Fsp3) is 0.318. The molecule has 2 aromatic rings. The second-order valence-electron chi connectivity index (χ2n) is 6.85. The predicted molar refractivity (Wildman–Crippen MR) is 117 cm³/mol. The summed E-state index contributed by atoms with van der Waals surface area (Å²) < 4.78 is 5.14. The summed E-state index contributed by atoms with van der Waals surface area (Å²) in [5.74, 6) is -1.03. The fourth-order valence-electron chi connectivity index (χ4n) is 2.53. The highest BCUT2D eigenvalue weighted by Crippen LogP contribution is 2.16. The lowest BCUT2D eigenvalue weighted by atomic mass is 10.1. The number of ether oxygens (including phenoxy) is 1. The quantitative estimate of drug-likeness (QED) is 0.641. The molecule has 0 saturated carbocycles. The van der Waals surface area contributed by atoms with E-state index in [1.807, 2.05) is 51.1 Å². The largest absolute Gasteiger partial charge is 0.452 e. The highest BCUT2D eigenvalue weighted by atomic mass is 32.2. The Bertz CT molecular complexity index is 881. The lowest BCUT2D eigenvalue weighted by Gasteiger charge is -2.13. The third kappa shape index (κ3) is 7.62. The van der Waals surface area contributed by atoms with Crippen LogP contribution in [0.3, 0.4) is 0 Å². The smallest absolute Gasteiger partial charge is 0.316 e. The standard InChI is InChI=1S/C22H26N2O4S/c1-14-5-8-18(9-6-14)23-22(27)17(4)28-21(26)13-29-12-20(25)24-19-10-7-15(2)11-16(19)3/h5-11,17H,12-13H2,1-4H3,(H,23,27)(H,24,25)/t17-/m1/s1. The maximum atomic E-state index is 12.1. The van der Waals surface area contributed by atoms with E-state index in [-0.39, 0.29) is 17.4 Å². The molecule has 0 radical (unpaired) electrons. The second kappa shape index (κ2) is 10.7. The van der Waals surface area contributed by atoms with Gasteiger partial charge in [-0.15, -0.1) is 11.8 Å². The van der Waals surface area contributed by atoms with Gasteiger partial charge in [0.25, 0.3) is 5.91 Å². The first-order chi connectivity index (χ1) is 13.7. The zero-order valence-corrected chi connectivity index (χ0v) is 17.9. The van der Waals surface area contributed by atoms with Crippen LogP contribution in [0.15, 0.2) is 42.5 Å². The van der Waals surface area contributed by atoms with Crippen molar-refractivity contribution in [2.24, 2.45) is 0 Å². The van der Waals surface area contributed by atoms with Gasteiger partial charge in [0.05, 0.1) is 11.5 Å². The van der Waals surface area contributed by atoms with Crippen LogP contribution in [-0.4, -0.2) is 35.4 Å². The van der Waals surface area contributed by atoms with E-state index >= 15 is 0 Å². The van der Waals surface area contributed by atoms with Gasteiger partial charge in [0.15, 0.2) is 6.10 Å². The molecule has 2 amide bonds. The molecule has 2 rings (SSSR count). The summed E-state index contributed by atoms with van der Waals surface area (Å²) in [5, 5.41) is 5.52. The van der Waals surface area contributed by atoms with Gasteiger partial charge in [-0.25, -0.2) is 0 Å². The molecule has 0 saturated heterocycles. The Kier molecular flexibility index (Phi) is 8.27. The molecule has 0 aliphatic rings. The summed E-state index contributed by atoms with van der Waals surface area (Å²) in [6.07, 6.45) is -0.923. The summed E-state index contributed by atoms with van der Waals surface area (Å²) in [4.78, 5) is 36.1. The van der Waals surface area contributed by atoms with E-state index in [0.29, 0.717) is 5.69 Å². The summed E-state index contributed by atoms with van der Waals surface area (Å²) in [6.45, 7) is 7.38. The van der Waals surface area contributed by atoms with Gasteiger partial charge in [-0.2, -0.15) is 0 Å². The minimum absolute atomic E-state index is 0.0115. The van der Waals surface area contributed by atoms with Crippen LogP contribution in [0.1, 0.15) is 23.6 Å². The molecule has 0 aliphatic carbocycles. The van der Waals surface area contributed by atoms with Gasteiger partial charge in [-0.1, -0.05) is 35.4 Å². The van der Waals surface area contributed by atoms with Crippen LogP contribution >= 0.6 is 11.8 Å². The van der Waals surface area contributed by atoms with Crippen LogP contribution in [-0.2, 0) is 19.1 Å². The van der Waals surface area contributed by atoms with Crippen molar-refractivity contribution in [2.75, 3.05) is 22.1 Å². The zero-order valence-electron chi connectivity index (χ0n) is 17.1. The van der Waals surface area contributed by atoms with Crippen molar-refractivity contribution in [2.45, 2.75) is 33.8 Å². The van der Waals surface area contributed by atoms with Crippen molar-refractivity contribution >= 4 is 40.9 Å². The molecule has 0 fully saturated rings. The van der Waals surface area contributed by atoms with Gasteiger partial charge in [-0.3, -0.25) is 14.4 Å². The van der Waals surface area contributed by atoms with E-state index in [0.717, 1.165) is 34.1 Å². The van der Waals surface area contributed by atoms with Crippen LogP contribution in [0.2, 0.25) is 0 Å². The lowest BCUT2D eigenvalue weighted by Crippen LogP contribution is -2.30. The average molecular weight is 415 g/mol. The molecule has 0 aromatic heterocycles. The van der Waals surface area contributed by atoms with E-state index in [9.17, 15) is 14.4 Å². The highest BCUT2D eigenvalue weighted by Gasteiger charge is 2.18. The first-order valence-corrected chi connectivity index (χ1v) is 10.4. The fourth-order valence-corrected chi connectivity index (χ4v) is 3.13. The number of nitrogens with one attached hydrogen (secondary N) is 2. The Morgan fingerprint density at radius 2 is 1.59 bits per heavy atom. The number of hydrogen-bond acceptors (Lipinski definition) is 5. The second-order valence-corrected chi connectivity index (χ2v) is 7.83. The number of esters is 1. The first-order valence-electron chi connectivity index (χ1n) is 9.26. The SMILES string of the molecule is Cc1ccc(NC(=O)[C@@H](C)OC(=O)CSCC(=O)Nc2ccc(C)cc2C)cc1. The topological polar surface area (TPSA) is 84.5 Å². The highest BCUT2D eigenvalue weighted by molar-refractivity contribution is 8.00. The molecular formula is C22H26N2O4S. The summed E-state index contributed by atoms with van der Waals surface area (Å²) in [6, 6.07) is 13.1. The van der Waals surface area contributed by atoms with Crippen molar-refractivity contribution in [1.82, 2.24) is 0 Å². The van der Waals surface area contributed by atoms with E-state index in [2.05, 4.69) is 10.6 Å². The van der Waals surface area contributed by atoms with Crippen molar-refractivity contribution in [3.8, 4) is 0 Å². The van der Waals surface area contributed by atoms with E-state index in [1.54, 1.807) is 12.1 Å². The number of carbonyl (C=O) groups excluding carboxylic acids is 3. The summed E-state index contributed by atoms with van der Waals surface area (Å²) in [7, 11) is 0. The Morgan fingerprint density at radius 1 is 0.931 bits per heavy atom. The maximum absolute atomic E-state index is 12.1. The molecule has 29 heavy (non-hydrogen) atoms. The minimum Gasteiger partial charge on any atom is -0.452 e. The van der Waals surface area contributed by atoms with Crippen LogP contribution < -0.4 is 10.6 Å². The van der Waals surface area contributed by atoms with E-state index in [1.165, 1.54) is 6.92 Å². The monoisotopic (exact) mass is 414 g/mol.